The Kier molecular flexibility index (Phi) is 4.30. The molecule has 0 aromatic heterocycles. The highest BCUT2D eigenvalue weighted by Gasteiger charge is 2.52. The summed E-state index contributed by atoms with van der Waals surface area (Å²) >= 11 is 0. The zero-order valence-corrected chi connectivity index (χ0v) is 14.8. The lowest BCUT2D eigenvalue weighted by Gasteiger charge is -2.36. The molecule has 2 atom stereocenters. The maximum absolute atomic E-state index is 12.8. The first-order valence-corrected chi connectivity index (χ1v) is 11.1. The van der Waals surface area contributed by atoms with Gasteiger partial charge in [0.15, 0.2) is 8.32 Å². The summed E-state index contributed by atoms with van der Waals surface area (Å²) in [6, 6.07) is 3.63. The first-order chi connectivity index (χ1) is 10.7. The van der Waals surface area contributed by atoms with E-state index in [9.17, 15) is 4.79 Å². The van der Waals surface area contributed by atoms with E-state index in [2.05, 4.69) is 26.5 Å². The number of rotatable bonds is 6. The van der Waals surface area contributed by atoms with Gasteiger partial charge in [0.2, 0.25) is 0 Å². The van der Waals surface area contributed by atoms with E-state index in [1.807, 2.05) is 28.0 Å². The molecule has 4 nitrogen and oxygen atoms in total. The fourth-order valence-electron chi connectivity index (χ4n) is 3.84. The third-order valence-corrected chi connectivity index (χ3v) is 10.1. The van der Waals surface area contributed by atoms with Crippen LogP contribution in [0.3, 0.4) is 0 Å². The third kappa shape index (κ3) is 2.37. The predicted molar refractivity (Wildman–Crippen MR) is 89.8 cm³/mol. The summed E-state index contributed by atoms with van der Waals surface area (Å²) in [5.74, 6) is 0. The van der Waals surface area contributed by atoms with Crippen LogP contribution in [0.15, 0.2) is 29.7 Å². The summed E-state index contributed by atoms with van der Waals surface area (Å²) in [7, 11) is -1.76. The Morgan fingerprint density at radius 3 is 2.64 bits per heavy atom. The van der Waals surface area contributed by atoms with E-state index in [-0.39, 0.29) is 18.3 Å². The molecule has 0 aromatic carbocycles. The molecule has 0 saturated carbocycles. The molecule has 1 aliphatic carbocycles. The van der Waals surface area contributed by atoms with Crippen LogP contribution in [0.5, 0.6) is 0 Å². The standard InChI is InChI=1S/C17H26N2O2Si/c1-4-22(5-2,6-3)21-16-15-12-9-13-18(15)17(20)19(16)14-10-7-8-11-14/h7-8,10,15-16H,4-6,9,12-13H2,1-3H3/t15-,16-/m0/s1. The maximum Gasteiger partial charge on any atom is 0.327 e. The van der Waals surface area contributed by atoms with Gasteiger partial charge in [0, 0.05) is 6.54 Å². The molecule has 2 fully saturated rings. The maximum atomic E-state index is 12.8. The molecule has 120 valence electrons. The molecule has 2 saturated heterocycles. The number of carbonyl (C=O) groups is 1. The Hall–Kier alpha value is -1.29. The molecular formula is C17H26N2O2Si. The normalized spacial score (nSPS) is 27.0. The molecule has 5 heteroatoms. The van der Waals surface area contributed by atoms with E-state index in [0.717, 1.165) is 43.2 Å². The minimum absolute atomic E-state index is 0.0983. The van der Waals surface area contributed by atoms with Crippen molar-refractivity contribution in [1.82, 2.24) is 9.80 Å². The lowest BCUT2D eigenvalue weighted by atomic mass is 10.2. The van der Waals surface area contributed by atoms with Crippen LogP contribution in [0.1, 0.15) is 33.6 Å². The molecular weight excluding hydrogens is 292 g/mol. The summed E-state index contributed by atoms with van der Waals surface area (Å²) in [5, 5.41) is 0. The Morgan fingerprint density at radius 1 is 1.32 bits per heavy atom. The largest absolute Gasteiger partial charge is 0.395 e. The highest BCUT2D eigenvalue weighted by Crippen LogP contribution is 2.38. The monoisotopic (exact) mass is 318 g/mol. The van der Waals surface area contributed by atoms with E-state index >= 15 is 0 Å². The lowest BCUT2D eigenvalue weighted by molar-refractivity contribution is 0.0698. The molecule has 22 heavy (non-hydrogen) atoms. The van der Waals surface area contributed by atoms with Gasteiger partial charge in [-0.25, -0.2) is 4.79 Å². The molecule has 3 aliphatic rings. The summed E-state index contributed by atoms with van der Waals surface area (Å²) < 4.78 is 6.75. The topological polar surface area (TPSA) is 32.8 Å². The zero-order valence-electron chi connectivity index (χ0n) is 13.8. The molecule has 2 amide bonds. The van der Waals surface area contributed by atoms with Gasteiger partial charge in [-0.05, 0) is 43.1 Å². The third-order valence-electron chi connectivity index (χ3n) is 5.48. The van der Waals surface area contributed by atoms with Crippen LogP contribution in [-0.2, 0) is 4.43 Å². The minimum Gasteiger partial charge on any atom is -0.395 e. The summed E-state index contributed by atoms with van der Waals surface area (Å²) in [5.41, 5.74) is 4.04. The van der Waals surface area contributed by atoms with Gasteiger partial charge < -0.3 is 9.33 Å². The average Bonchev–Trinajstić information content (AvgIpc) is 3.25. The van der Waals surface area contributed by atoms with Crippen LogP contribution >= 0.6 is 0 Å². The van der Waals surface area contributed by atoms with E-state index < -0.39 is 8.32 Å². The van der Waals surface area contributed by atoms with Crippen molar-refractivity contribution in [2.24, 2.45) is 0 Å². The van der Waals surface area contributed by atoms with Crippen LogP contribution in [0.25, 0.3) is 0 Å². The van der Waals surface area contributed by atoms with Crippen LogP contribution in [0.4, 0.5) is 4.79 Å². The molecule has 0 aromatic rings. The molecule has 0 spiro atoms. The zero-order chi connectivity index (χ0) is 15.7. The van der Waals surface area contributed by atoms with Crippen molar-refractivity contribution >= 4 is 14.3 Å². The number of fused-ring (bicyclic) bond motifs is 1. The highest BCUT2D eigenvalue weighted by molar-refractivity contribution is 6.73. The van der Waals surface area contributed by atoms with Gasteiger partial charge in [0.05, 0.1) is 11.7 Å². The van der Waals surface area contributed by atoms with Crippen LogP contribution in [-0.4, -0.2) is 43.0 Å². The second-order valence-electron chi connectivity index (χ2n) is 6.36. The second kappa shape index (κ2) is 6.07. The number of carbonyl (C=O) groups excluding carboxylic acids is 1. The summed E-state index contributed by atoms with van der Waals surface area (Å²) in [4.78, 5) is 16.7. The SMILES string of the molecule is CC[Si](CC)(CC)O[C@H]1[C@@H]2CCCN2C(=O)N1C1=C=CC=C1. The first kappa shape index (κ1) is 15.6. The van der Waals surface area contributed by atoms with E-state index in [1.165, 1.54) is 0 Å². The second-order valence-corrected chi connectivity index (χ2v) is 11.1. The Balaban J connectivity index is 1.92. The summed E-state index contributed by atoms with van der Waals surface area (Å²) in [6.45, 7) is 7.57. The van der Waals surface area contributed by atoms with Gasteiger partial charge in [-0.3, -0.25) is 4.90 Å². The quantitative estimate of drug-likeness (QED) is 0.550. The van der Waals surface area contributed by atoms with Gasteiger partial charge in [0.25, 0.3) is 0 Å². The smallest absolute Gasteiger partial charge is 0.327 e. The Morgan fingerprint density at radius 2 is 2.05 bits per heavy atom. The van der Waals surface area contributed by atoms with Crippen molar-refractivity contribution in [2.45, 2.75) is 64.0 Å². The van der Waals surface area contributed by atoms with Crippen molar-refractivity contribution < 1.29 is 9.22 Å². The van der Waals surface area contributed by atoms with Gasteiger partial charge >= 0.3 is 6.03 Å². The summed E-state index contributed by atoms with van der Waals surface area (Å²) in [6.07, 6.45) is 7.78. The molecule has 3 rings (SSSR count). The van der Waals surface area contributed by atoms with E-state index in [0.29, 0.717) is 0 Å². The molecule has 2 heterocycles. The first-order valence-electron chi connectivity index (χ1n) is 8.56. The molecule has 0 unspecified atom stereocenters. The highest BCUT2D eigenvalue weighted by atomic mass is 28.4. The molecule has 0 radical (unpaired) electrons. The molecule has 0 N–H and O–H groups in total. The predicted octanol–water partition coefficient (Wildman–Crippen LogP) is 3.84. The number of urea groups is 1. The fourth-order valence-corrected chi connectivity index (χ4v) is 6.62. The molecule has 0 bridgehead atoms. The van der Waals surface area contributed by atoms with Gasteiger partial charge in [-0.2, -0.15) is 0 Å². The van der Waals surface area contributed by atoms with Crippen LogP contribution in [0, 0.1) is 0 Å². The Labute approximate surface area is 134 Å². The minimum atomic E-state index is -1.76. The van der Waals surface area contributed by atoms with E-state index in [1.54, 1.807) is 0 Å². The van der Waals surface area contributed by atoms with Gasteiger partial charge in [-0.15, -0.1) is 0 Å². The van der Waals surface area contributed by atoms with Crippen molar-refractivity contribution in [3.8, 4) is 0 Å². The van der Waals surface area contributed by atoms with E-state index in [4.69, 9.17) is 4.43 Å². The van der Waals surface area contributed by atoms with Crippen LogP contribution < -0.4 is 0 Å². The number of hydrogen-bond donors (Lipinski definition) is 0. The van der Waals surface area contributed by atoms with Crippen LogP contribution in [0.2, 0.25) is 18.1 Å². The Bertz CT molecular complexity index is 539. The van der Waals surface area contributed by atoms with Crippen molar-refractivity contribution in [1.29, 1.82) is 0 Å². The molecule has 2 aliphatic heterocycles. The number of amides is 2. The lowest BCUT2D eigenvalue weighted by Crippen LogP contribution is -2.48. The fraction of sp³-hybridized carbons (Fsp3) is 0.647. The van der Waals surface area contributed by atoms with Gasteiger partial charge in [-0.1, -0.05) is 32.6 Å². The number of nitrogens with zero attached hydrogens (tertiary/aromatic N) is 2. The average molecular weight is 318 g/mol. The van der Waals surface area contributed by atoms with Crippen molar-refractivity contribution in [2.75, 3.05) is 6.54 Å². The number of hydrogen-bond acceptors (Lipinski definition) is 2. The van der Waals surface area contributed by atoms with Gasteiger partial charge in [0.1, 0.15) is 6.23 Å². The number of allylic oxidation sites excluding steroid dienone is 2. The van der Waals surface area contributed by atoms with Crippen molar-refractivity contribution in [3.05, 3.63) is 29.7 Å². The van der Waals surface area contributed by atoms with Crippen molar-refractivity contribution in [3.63, 3.8) is 0 Å².